The number of carbonyl (C=O) groups excluding carboxylic acids is 1. The molecule has 0 radical (unpaired) electrons. The molecule has 152 valence electrons. The second-order valence-electron chi connectivity index (χ2n) is 6.35. The summed E-state index contributed by atoms with van der Waals surface area (Å²) in [6, 6.07) is 12.3. The standard InChI is InChI=1S/C20H25FN2O4S/c1-3-4-13-22-20(24)15-27-18-11-9-17(10-12-18)23(28(2,25)26)14-16-7-5-6-8-19(16)21/h5-12H,3-4,13-15H2,1-2H3,(H,22,24). The highest BCUT2D eigenvalue weighted by Gasteiger charge is 2.19. The molecule has 0 aliphatic heterocycles. The van der Waals surface area contributed by atoms with Crippen molar-refractivity contribution in [3.63, 3.8) is 0 Å². The third-order valence-electron chi connectivity index (χ3n) is 4.02. The van der Waals surface area contributed by atoms with Crippen LogP contribution in [0.2, 0.25) is 0 Å². The first kappa shape index (κ1) is 21.7. The number of rotatable bonds is 10. The minimum atomic E-state index is -3.62. The molecule has 0 spiro atoms. The van der Waals surface area contributed by atoms with Crippen molar-refractivity contribution in [2.45, 2.75) is 26.3 Å². The first-order valence-electron chi connectivity index (χ1n) is 9.02. The Morgan fingerprint density at radius 3 is 2.43 bits per heavy atom. The third kappa shape index (κ3) is 6.53. The van der Waals surface area contributed by atoms with Gasteiger partial charge in [-0.1, -0.05) is 31.5 Å². The van der Waals surface area contributed by atoms with Crippen LogP contribution in [0.3, 0.4) is 0 Å². The van der Waals surface area contributed by atoms with Gasteiger partial charge in [0.1, 0.15) is 11.6 Å². The fraction of sp³-hybridized carbons (Fsp3) is 0.350. The Kier molecular flexibility index (Phi) is 7.80. The lowest BCUT2D eigenvalue weighted by Gasteiger charge is -2.23. The lowest BCUT2D eigenvalue weighted by atomic mass is 10.2. The van der Waals surface area contributed by atoms with E-state index in [9.17, 15) is 17.6 Å². The summed E-state index contributed by atoms with van der Waals surface area (Å²) in [5, 5.41) is 2.75. The fourth-order valence-electron chi connectivity index (χ4n) is 2.49. The molecule has 0 atom stereocenters. The van der Waals surface area contributed by atoms with Gasteiger partial charge in [-0.25, -0.2) is 12.8 Å². The van der Waals surface area contributed by atoms with Gasteiger partial charge in [0.15, 0.2) is 6.61 Å². The van der Waals surface area contributed by atoms with Crippen molar-refractivity contribution in [3.8, 4) is 5.75 Å². The molecule has 1 amide bonds. The predicted octanol–water partition coefficient (Wildman–Crippen LogP) is 3.09. The number of nitrogens with one attached hydrogen (secondary N) is 1. The average molecular weight is 408 g/mol. The first-order valence-corrected chi connectivity index (χ1v) is 10.9. The zero-order valence-corrected chi connectivity index (χ0v) is 16.8. The van der Waals surface area contributed by atoms with Crippen LogP contribution in [-0.2, 0) is 21.4 Å². The summed E-state index contributed by atoms with van der Waals surface area (Å²) in [4.78, 5) is 11.7. The van der Waals surface area contributed by atoms with Crippen LogP contribution in [-0.4, -0.2) is 33.7 Å². The van der Waals surface area contributed by atoms with Gasteiger partial charge in [0, 0.05) is 12.1 Å². The fourth-order valence-corrected chi connectivity index (χ4v) is 3.37. The molecule has 0 heterocycles. The van der Waals surface area contributed by atoms with Crippen molar-refractivity contribution < 1.29 is 22.3 Å². The molecule has 0 saturated carbocycles. The van der Waals surface area contributed by atoms with Crippen LogP contribution in [0.5, 0.6) is 5.75 Å². The normalized spacial score (nSPS) is 11.1. The predicted molar refractivity (Wildman–Crippen MR) is 107 cm³/mol. The van der Waals surface area contributed by atoms with E-state index in [1.807, 2.05) is 6.92 Å². The van der Waals surface area contributed by atoms with Gasteiger partial charge in [-0.15, -0.1) is 0 Å². The van der Waals surface area contributed by atoms with E-state index in [1.54, 1.807) is 42.5 Å². The topological polar surface area (TPSA) is 75.7 Å². The number of ether oxygens (including phenoxy) is 1. The summed E-state index contributed by atoms with van der Waals surface area (Å²) in [7, 11) is -3.62. The van der Waals surface area contributed by atoms with E-state index in [4.69, 9.17) is 4.74 Å². The maximum atomic E-state index is 13.9. The van der Waals surface area contributed by atoms with Crippen molar-refractivity contribution >= 4 is 21.6 Å². The number of unbranched alkanes of at least 4 members (excludes halogenated alkanes) is 1. The third-order valence-corrected chi connectivity index (χ3v) is 5.16. The average Bonchev–Trinajstić information content (AvgIpc) is 2.65. The van der Waals surface area contributed by atoms with E-state index >= 15 is 0 Å². The van der Waals surface area contributed by atoms with Gasteiger partial charge in [-0.3, -0.25) is 9.10 Å². The largest absolute Gasteiger partial charge is 0.484 e. The Hall–Kier alpha value is -2.61. The summed E-state index contributed by atoms with van der Waals surface area (Å²) in [6.45, 7) is 2.41. The maximum absolute atomic E-state index is 13.9. The van der Waals surface area contributed by atoms with Gasteiger partial charge in [0.2, 0.25) is 10.0 Å². The van der Waals surface area contributed by atoms with Gasteiger partial charge in [-0.2, -0.15) is 0 Å². The van der Waals surface area contributed by atoms with Crippen LogP contribution < -0.4 is 14.4 Å². The highest BCUT2D eigenvalue weighted by Crippen LogP contribution is 2.24. The molecule has 0 aliphatic rings. The number of hydrogen-bond donors (Lipinski definition) is 1. The Morgan fingerprint density at radius 1 is 1.14 bits per heavy atom. The minimum absolute atomic E-state index is 0.117. The SMILES string of the molecule is CCCCNC(=O)COc1ccc(N(Cc2ccccc2F)S(C)(=O)=O)cc1. The quantitative estimate of drug-likeness (QED) is 0.613. The first-order chi connectivity index (χ1) is 13.3. The highest BCUT2D eigenvalue weighted by atomic mass is 32.2. The Balaban J connectivity index is 2.06. The van der Waals surface area contributed by atoms with E-state index in [-0.39, 0.29) is 24.6 Å². The van der Waals surface area contributed by atoms with Crippen molar-refractivity contribution in [1.82, 2.24) is 5.32 Å². The molecule has 2 aromatic rings. The molecule has 0 aromatic heterocycles. The van der Waals surface area contributed by atoms with Crippen molar-refractivity contribution in [1.29, 1.82) is 0 Å². The zero-order valence-electron chi connectivity index (χ0n) is 16.0. The van der Waals surface area contributed by atoms with Crippen molar-refractivity contribution in [2.24, 2.45) is 0 Å². The van der Waals surface area contributed by atoms with Gasteiger partial charge >= 0.3 is 0 Å². The monoisotopic (exact) mass is 408 g/mol. The van der Waals surface area contributed by atoms with Crippen LogP contribution in [0.1, 0.15) is 25.3 Å². The summed E-state index contributed by atoms with van der Waals surface area (Å²) >= 11 is 0. The lowest BCUT2D eigenvalue weighted by molar-refractivity contribution is -0.123. The molecule has 0 saturated heterocycles. The van der Waals surface area contributed by atoms with E-state index in [0.717, 1.165) is 23.4 Å². The molecule has 0 fully saturated rings. The molecule has 8 heteroatoms. The van der Waals surface area contributed by atoms with Crippen LogP contribution >= 0.6 is 0 Å². The number of hydrogen-bond acceptors (Lipinski definition) is 4. The molecule has 28 heavy (non-hydrogen) atoms. The summed E-state index contributed by atoms with van der Waals surface area (Å²) < 4.78 is 44.8. The zero-order chi connectivity index (χ0) is 20.6. The Morgan fingerprint density at radius 2 is 1.82 bits per heavy atom. The number of carbonyl (C=O) groups is 1. The van der Waals surface area contributed by atoms with E-state index < -0.39 is 15.8 Å². The lowest BCUT2D eigenvalue weighted by Crippen LogP contribution is -2.30. The summed E-state index contributed by atoms with van der Waals surface area (Å²) in [5.74, 6) is -0.242. The van der Waals surface area contributed by atoms with Crippen LogP contribution in [0, 0.1) is 5.82 Å². The van der Waals surface area contributed by atoms with Gasteiger partial charge in [0.25, 0.3) is 5.91 Å². The van der Waals surface area contributed by atoms with E-state index in [1.165, 1.54) is 6.07 Å². The second kappa shape index (κ2) is 10.1. The second-order valence-corrected chi connectivity index (χ2v) is 8.25. The van der Waals surface area contributed by atoms with Gasteiger partial charge in [-0.05, 0) is 36.8 Å². The Labute approximate surface area is 165 Å². The van der Waals surface area contributed by atoms with Crippen LogP contribution in [0.15, 0.2) is 48.5 Å². The van der Waals surface area contributed by atoms with E-state index in [0.29, 0.717) is 18.0 Å². The number of nitrogens with zero attached hydrogens (tertiary/aromatic N) is 1. The van der Waals surface area contributed by atoms with Gasteiger partial charge < -0.3 is 10.1 Å². The molecule has 2 aromatic carbocycles. The van der Waals surface area contributed by atoms with Crippen molar-refractivity contribution in [2.75, 3.05) is 23.7 Å². The molecule has 0 bridgehead atoms. The molecule has 0 aliphatic carbocycles. The summed E-state index contributed by atoms with van der Waals surface area (Å²) in [6.07, 6.45) is 2.97. The van der Waals surface area contributed by atoms with Crippen LogP contribution in [0.25, 0.3) is 0 Å². The number of halogens is 1. The highest BCUT2D eigenvalue weighted by molar-refractivity contribution is 7.92. The summed E-state index contributed by atoms with van der Waals surface area (Å²) in [5.41, 5.74) is 0.655. The molecular formula is C20H25FN2O4S. The maximum Gasteiger partial charge on any atom is 0.257 e. The molecule has 2 rings (SSSR count). The van der Waals surface area contributed by atoms with Gasteiger partial charge in [0.05, 0.1) is 18.5 Å². The van der Waals surface area contributed by atoms with Crippen molar-refractivity contribution in [3.05, 3.63) is 59.9 Å². The smallest absolute Gasteiger partial charge is 0.257 e. The number of amides is 1. The molecule has 6 nitrogen and oxygen atoms in total. The Bertz CT molecular complexity index is 885. The molecule has 1 N–H and O–H groups in total. The number of sulfonamides is 1. The van der Waals surface area contributed by atoms with E-state index in [2.05, 4.69) is 5.32 Å². The number of anilines is 1. The minimum Gasteiger partial charge on any atom is -0.484 e. The molecule has 0 unspecified atom stereocenters. The van der Waals surface area contributed by atoms with Crippen LogP contribution in [0.4, 0.5) is 10.1 Å². The number of benzene rings is 2. The molecular weight excluding hydrogens is 383 g/mol.